The molecule has 2 fully saturated rings. The molecule has 0 aliphatic carbocycles. The van der Waals surface area contributed by atoms with Crippen LogP contribution in [0.2, 0.25) is 0 Å². The van der Waals surface area contributed by atoms with Gasteiger partial charge in [-0.05, 0) is 58.2 Å². The minimum atomic E-state index is -4.57. The molecule has 0 aromatic carbocycles. The number of piperidine rings is 1. The van der Waals surface area contributed by atoms with Gasteiger partial charge in [0.05, 0.1) is 11.3 Å². The van der Waals surface area contributed by atoms with Gasteiger partial charge in [0, 0.05) is 44.4 Å². The number of aromatic nitrogens is 1. The van der Waals surface area contributed by atoms with Crippen molar-refractivity contribution < 1.29 is 27.5 Å². The number of hydrogen-bond donors (Lipinski definition) is 1. The van der Waals surface area contributed by atoms with Crippen LogP contribution in [-0.2, 0) is 15.7 Å². The maximum absolute atomic E-state index is 13.9. The average molecular weight is 522 g/mol. The molecule has 1 N–H and O–H groups in total. The Bertz CT molecular complexity index is 1110. The van der Waals surface area contributed by atoms with Crippen LogP contribution in [0.3, 0.4) is 0 Å². The van der Waals surface area contributed by atoms with Crippen LogP contribution in [0.25, 0.3) is 5.57 Å². The molecule has 37 heavy (non-hydrogen) atoms. The van der Waals surface area contributed by atoms with E-state index >= 15 is 0 Å². The van der Waals surface area contributed by atoms with E-state index in [0.717, 1.165) is 18.6 Å². The van der Waals surface area contributed by atoms with Crippen LogP contribution in [0.15, 0.2) is 35.0 Å². The first-order valence-electron chi connectivity index (χ1n) is 12.3. The van der Waals surface area contributed by atoms with Crippen LogP contribution >= 0.6 is 0 Å². The summed E-state index contributed by atoms with van der Waals surface area (Å²) >= 11 is 0. The Labute approximate surface area is 215 Å². The van der Waals surface area contributed by atoms with Crippen molar-refractivity contribution in [3.05, 3.63) is 41.2 Å². The number of halogens is 3. The molecule has 2 aliphatic heterocycles. The third kappa shape index (κ3) is 7.56. The van der Waals surface area contributed by atoms with Gasteiger partial charge in [0.2, 0.25) is 5.91 Å². The number of carbonyl (C=O) groups excluding carboxylic acids is 2. The molecule has 1 aromatic rings. The molecule has 8 nitrogen and oxygen atoms in total. The lowest BCUT2D eigenvalue weighted by atomic mass is 9.96. The van der Waals surface area contributed by atoms with Crippen molar-refractivity contribution in [2.45, 2.75) is 65.7 Å². The molecule has 1 aromatic heterocycles. The maximum atomic E-state index is 13.9. The molecule has 0 radical (unpaired) electrons. The zero-order valence-corrected chi connectivity index (χ0v) is 21.9. The normalized spacial score (nSPS) is 19.9. The third-order valence-electron chi connectivity index (χ3n) is 5.92. The Kier molecular flexibility index (Phi) is 8.65. The van der Waals surface area contributed by atoms with Gasteiger partial charge in [0.1, 0.15) is 17.3 Å². The molecular weight excluding hydrogens is 487 g/mol. The van der Waals surface area contributed by atoms with Gasteiger partial charge in [-0.25, -0.2) is 14.8 Å². The number of anilines is 1. The van der Waals surface area contributed by atoms with Crippen LogP contribution in [-0.4, -0.2) is 59.5 Å². The number of rotatable bonds is 4. The number of hydrogen-bond acceptors (Lipinski definition) is 6. The lowest BCUT2D eigenvalue weighted by Crippen LogP contribution is -2.50. The number of nitrogens with one attached hydrogen (secondary N) is 1. The number of ether oxygens (including phenoxy) is 1. The van der Waals surface area contributed by atoms with Crippen LogP contribution in [0, 0.1) is 0 Å². The molecule has 2 saturated heterocycles. The highest BCUT2D eigenvalue weighted by molar-refractivity contribution is 6.14. The molecule has 0 saturated carbocycles. The van der Waals surface area contributed by atoms with Crippen molar-refractivity contribution in [2.24, 2.45) is 4.99 Å². The average Bonchev–Trinajstić information content (AvgIpc) is 2.82. The van der Waals surface area contributed by atoms with E-state index < -0.39 is 23.4 Å². The van der Waals surface area contributed by atoms with Gasteiger partial charge in [-0.2, -0.15) is 13.2 Å². The number of carbonyl (C=O) groups is 2. The van der Waals surface area contributed by atoms with Crippen molar-refractivity contribution in [3.63, 3.8) is 0 Å². The molecule has 0 atom stereocenters. The van der Waals surface area contributed by atoms with Gasteiger partial charge in [-0.15, -0.1) is 0 Å². The highest BCUT2D eigenvalue weighted by Crippen LogP contribution is 2.34. The molecule has 3 rings (SSSR count). The Balaban J connectivity index is 1.93. The maximum Gasteiger partial charge on any atom is 0.416 e. The Morgan fingerprint density at radius 1 is 1.16 bits per heavy atom. The molecule has 202 valence electrons. The molecule has 2 aliphatic rings. The molecular formula is C26H34F3N5O3. The second-order valence-corrected chi connectivity index (χ2v) is 9.97. The van der Waals surface area contributed by atoms with Gasteiger partial charge in [-0.1, -0.05) is 13.0 Å². The Morgan fingerprint density at radius 2 is 1.84 bits per heavy atom. The van der Waals surface area contributed by atoms with Crippen molar-refractivity contribution >= 4 is 29.2 Å². The quantitative estimate of drug-likeness (QED) is 0.591. The lowest BCUT2D eigenvalue weighted by Gasteiger charge is -2.36. The minimum Gasteiger partial charge on any atom is -0.444 e. The molecule has 3 heterocycles. The van der Waals surface area contributed by atoms with Gasteiger partial charge in [0.25, 0.3) is 0 Å². The molecule has 0 spiro atoms. The van der Waals surface area contributed by atoms with E-state index in [1.165, 1.54) is 0 Å². The monoisotopic (exact) mass is 521 g/mol. The topological polar surface area (TPSA) is 87.1 Å². The number of allylic oxidation sites excluding steroid dienone is 2. The van der Waals surface area contributed by atoms with Crippen molar-refractivity contribution in [3.8, 4) is 0 Å². The van der Waals surface area contributed by atoms with Gasteiger partial charge in [0.15, 0.2) is 0 Å². The smallest absolute Gasteiger partial charge is 0.416 e. The predicted molar refractivity (Wildman–Crippen MR) is 136 cm³/mol. The Morgan fingerprint density at radius 3 is 2.43 bits per heavy atom. The van der Waals surface area contributed by atoms with Crippen molar-refractivity contribution in [1.29, 1.82) is 0 Å². The van der Waals surface area contributed by atoms with Crippen LogP contribution in [0.5, 0.6) is 0 Å². The summed E-state index contributed by atoms with van der Waals surface area (Å²) in [6.07, 6.45) is -0.324. The molecule has 11 heteroatoms. The second kappa shape index (κ2) is 11.4. The summed E-state index contributed by atoms with van der Waals surface area (Å²) in [7, 11) is 0. The first kappa shape index (κ1) is 28.2. The zero-order chi connectivity index (χ0) is 27.4. The number of nitrogens with zero attached hydrogens (tertiary/aromatic N) is 4. The Hall–Kier alpha value is -3.37. The number of pyridine rings is 1. The summed E-state index contributed by atoms with van der Waals surface area (Å²) in [5.41, 5.74) is -0.121. The van der Waals surface area contributed by atoms with E-state index in [1.807, 2.05) is 13.0 Å². The summed E-state index contributed by atoms with van der Waals surface area (Å²) < 4.78 is 47.0. The van der Waals surface area contributed by atoms with Gasteiger partial charge >= 0.3 is 12.3 Å². The summed E-state index contributed by atoms with van der Waals surface area (Å²) in [5, 5.41) is 2.72. The lowest BCUT2D eigenvalue weighted by molar-refractivity contribution is -0.137. The van der Waals surface area contributed by atoms with Gasteiger partial charge in [-0.3, -0.25) is 4.79 Å². The van der Waals surface area contributed by atoms with Crippen LogP contribution in [0.1, 0.15) is 65.1 Å². The summed E-state index contributed by atoms with van der Waals surface area (Å²) in [6, 6.07) is 2.06. The molecule has 0 bridgehead atoms. The van der Waals surface area contributed by atoms with Crippen molar-refractivity contribution in [2.75, 3.05) is 31.1 Å². The van der Waals surface area contributed by atoms with E-state index in [-0.39, 0.29) is 23.8 Å². The fourth-order valence-electron chi connectivity index (χ4n) is 3.97. The fourth-order valence-corrected chi connectivity index (χ4v) is 3.97. The van der Waals surface area contributed by atoms with E-state index in [4.69, 9.17) is 4.74 Å². The standard InChI is InChI=1S/C26H34F3N5O3/c1-6-7-10-30-23-19(8-9-22(35)32-23)17(2)20-15-18(26(27,28)29)16-21(31-20)33-11-13-34(14-12-33)24(36)37-25(3,4)5/h7,10,15-16H,6,8-9,11-14H2,1-5H3,(H,30,32,35)/b10-7+,19-17+. The SMILES string of the molecule is CC/C=C/N=C1\NC(=O)CC\C1=C(\C)c1cc(C(F)(F)F)cc(N2CCN(C(=O)OC(C)(C)C)CC2)n1. The third-order valence-corrected chi connectivity index (χ3v) is 5.92. The first-order chi connectivity index (χ1) is 17.3. The number of alkyl halides is 3. The van der Waals surface area contributed by atoms with Gasteiger partial charge < -0.3 is 19.9 Å². The van der Waals surface area contributed by atoms with E-state index in [0.29, 0.717) is 49.6 Å². The summed E-state index contributed by atoms with van der Waals surface area (Å²) in [5.74, 6) is 0.309. The second-order valence-electron chi connectivity index (χ2n) is 9.97. The van der Waals surface area contributed by atoms with Crippen molar-refractivity contribution in [1.82, 2.24) is 15.2 Å². The van der Waals surface area contributed by atoms with E-state index in [2.05, 4.69) is 15.3 Å². The molecule has 2 amide bonds. The largest absolute Gasteiger partial charge is 0.444 e. The summed E-state index contributed by atoms with van der Waals surface area (Å²) in [6.45, 7) is 10.2. The fraction of sp³-hybridized carbons (Fsp3) is 0.538. The van der Waals surface area contributed by atoms with Crippen LogP contribution < -0.4 is 10.2 Å². The number of amidine groups is 1. The zero-order valence-electron chi connectivity index (χ0n) is 21.9. The highest BCUT2D eigenvalue weighted by atomic mass is 19.4. The van der Waals surface area contributed by atoms with Crippen LogP contribution in [0.4, 0.5) is 23.8 Å². The predicted octanol–water partition coefficient (Wildman–Crippen LogP) is 5.16. The molecule has 0 unspecified atom stereocenters. The number of amides is 2. The number of aliphatic imine (C=N–C) groups is 1. The number of piperazine rings is 1. The summed E-state index contributed by atoms with van der Waals surface area (Å²) in [4.78, 5) is 36.5. The highest BCUT2D eigenvalue weighted by Gasteiger charge is 2.34. The van der Waals surface area contributed by atoms with E-state index in [1.54, 1.807) is 43.7 Å². The van der Waals surface area contributed by atoms with E-state index in [9.17, 15) is 22.8 Å². The minimum absolute atomic E-state index is 0.165. The first-order valence-corrected chi connectivity index (χ1v) is 12.3.